The fourth-order valence-electron chi connectivity index (χ4n) is 5.26. The van der Waals surface area contributed by atoms with Crippen LogP contribution in [0.1, 0.15) is 37.4 Å². The Kier molecular flexibility index (Phi) is 3.52. The van der Waals surface area contributed by atoms with E-state index in [1.54, 1.807) is 31.4 Å². The summed E-state index contributed by atoms with van der Waals surface area (Å²) in [5.74, 6) is 0.346. The minimum Gasteiger partial charge on any atom is -0.497 e. The number of ether oxygens (including phenoxy) is 2. The van der Waals surface area contributed by atoms with Crippen LogP contribution < -0.4 is 4.74 Å². The lowest BCUT2D eigenvalue weighted by atomic mass is 9.78. The standard InChI is InChI=1S/C21H23NO4/c1-25-15-8-5-13(6-9-15)19(23)18-16-10-7-14-12-21(16,26-20(18)24)17-4-2-3-11-22(14)17/h5-10,14,17,19,23H,2-4,11-12H2,1H3/t14-,17-,19?,21+/m1/s1. The molecule has 1 spiro atoms. The number of methoxy groups -OCH3 is 1. The average Bonchev–Trinajstić information content (AvgIpc) is 3.12. The molecule has 0 amide bonds. The molecular formula is C21H23NO4. The zero-order chi connectivity index (χ0) is 17.9. The van der Waals surface area contributed by atoms with Gasteiger partial charge in [0, 0.05) is 18.0 Å². The van der Waals surface area contributed by atoms with Crippen molar-refractivity contribution in [3.8, 4) is 5.75 Å². The summed E-state index contributed by atoms with van der Waals surface area (Å²) in [6.07, 6.45) is 7.44. The number of hydrogen-bond acceptors (Lipinski definition) is 5. The number of esters is 1. The molecule has 5 heteroatoms. The van der Waals surface area contributed by atoms with Gasteiger partial charge in [-0.3, -0.25) is 4.90 Å². The molecule has 4 atom stereocenters. The van der Waals surface area contributed by atoms with E-state index < -0.39 is 11.7 Å². The second kappa shape index (κ2) is 5.69. The monoisotopic (exact) mass is 353 g/mol. The summed E-state index contributed by atoms with van der Waals surface area (Å²) < 4.78 is 11.2. The second-order valence-corrected chi connectivity index (χ2v) is 7.66. The Balaban J connectivity index is 1.57. The summed E-state index contributed by atoms with van der Waals surface area (Å²) in [5.41, 5.74) is 1.39. The Hall–Kier alpha value is -2.11. The molecule has 3 heterocycles. The lowest BCUT2D eigenvalue weighted by Gasteiger charge is -2.37. The minimum atomic E-state index is -0.985. The SMILES string of the molecule is COc1ccc(C(O)C2=C3C=C[C@@H]4C[C@@]3(OC2=O)[C@H]2CCCCN42)cc1. The molecule has 0 aromatic heterocycles. The van der Waals surface area contributed by atoms with E-state index >= 15 is 0 Å². The van der Waals surface area contributed by atoms with Crippen molar-refractivity contribution in [1.29, 1.82) is 0 Å². The number of aliphatic hydroxyl groups is 1. The number of aliphatic hydroxyl groups excluding tert-OH is 1. The Morgan fingerprint density at radius 1 is 1.31 bits per heavy atom. The normalized spacial score (nSPS) is 33.7. The van der Waals surface area contributed by atoms with Gasteiger partial charge in [-0.05, 0) is 37.1 Å². The maximum atomic E-state index is 12.8. The summed E-state index contributed by atoms with van der Waals surface area (Å²) in [5, 5.41) is 11.0. The first kappa shape index (κ1) is 16.1. The third-order valence-electron chi connectivity index (χ3n) is 6.45. The van der Waals surface area contributed by atoms with Gasteiger partial charge in [0.15, 0.2) is 5.60 Å². The van der Waals surface area contributed by atoms with Crippen LogP contribution in [0.25, 0.3) is 0 Å². The molecular weight excluding hydrogens is 330 g/mol. The van der Waals surface area contributed by atoms with Crippen molar-refractivity contribution < 1.29 is 19.4 Å². The van der Waals surface area contributed by atoms with Gasteiger partial charge in [0.1, 0.15) is 11.9 Å². The molecule has 2 fully saturated rings. The van der Waals surface area contributed by atoms with E-state index in [2.05, 4.69) is 11.0 Å². The molecule has 1 aromatic rings. The van der Waals surface area contributed by atoms with Crippen molar-refractivity contribution in [2.45, 2.75) is 49.5 Å². The number of rotatable bonds is 3. The molecule has 1 aliphatic carbocycles. The molecule has 2 saturated heterocycles. The highest BCUT2D eigenvalue weighted by atomic mass is 16.6. The van der Waals surface area contributed by atoms with E-state index in [0.29, 0.717) is 17.2 Å². The molecule has 5 rings (SSSR count). The molecule has 26 heavy (non-hydrogen) atoms. The molecule has 0 saturated carbocycles. The van der Waals surface area contributed by atoms with Crippen LogP contribution in [-0.2, 0) is 9.53 Å². The first-order chi connectivity index (χ1) is 12.6. The molecule has 1 unspecified atom stereocenters. The van der Waals surface area contributed by atoms with Gasteiger partial charge in [0.25, 0.3) is 0 Å². The average molecular weight is 353 g/mol. The van der Waals surface area contributed by atoms with Crippen LogP contribution >= 0.6 is 0 Å². The van der Waals surface area contributed by atoms with Gasteiger partial charge in [0.05, 0.1) is 18.7 Å². The number of carbonyl (C=O) groups excluding carboxylic acids is 1. The number of fused-ring (bicyclic) bond motifs is 3. The van der Waals surface area contributed by atoms with Crippen molar-refractivity contribution >= 4 is 5.97 Å². The molecule has 3 aliphatic heterocycles. The quantitative estimate of drug-likeness (QED) is 0.846. The van der Waals surface area contributed by atoms with Crippen LogP contribution in [0, 0.1) is 0 Å². The molecule has 5 nitrogen and oxygen atoms in total. The van der Waals surface area contributed by atoms with Gasteiger partial charge in [-0.15, -0.1) is 0 Å². The highest BCUT2D eigenvalue weighted by molar-refractivity contribution is 5.96. The smallest absolute Gasteiger partial charge is 0.338 e. The van der Waals surface area contributed by atoms with Crippen molar-refractivity contribution in [2.75, 3.05) is 13.7 Å². The van der Waals surface area contributed by atoms with Crippen LogP contribution in [-0.4, -0.2) is 47.3 Å². The van der Waals surface area contributed by atoms with Crippen LogP contribution in [0.4, 0.5) is 0 Å². The first-order valence-corrected chi connectivity index (χ1v) is 9.38. The summed E-state index contributed by atoms with van der Waals surface area (Å²) >= 11 is 0. The van der Waals surface area contributed by atoms with E-state index in [9.17, 15) is 9.90 Å². The van der Waals surface area contributed by atoms with Crippen LogP contribution in [0.15, 0.2) is 47.6 Å². The van der Waals surface area contributed by atoms with Gasteiger partial charge in [-0.25, -0.2) is 4.79 Å². The largest absolute Gasteiger partial charge is 0.497 e. The molecule has 0 radical (unpaired) electrons. The molecule has 1 N–H and O–H groups in total. The predicted octanol–water partition coefficient (Wildman–Crippen LogP) is 2.52. The summed E-state index contributed by atoms with van der Waals surface area (Å²) in [6, 6.07) is 7.76. The summed E-state index contributed by atoms with van der Waals surface area (Å²) in [7, 11) is 1.60. The van der Waals surface area contributed by atoms with Gasteiger partial charge in [-0.1, -0.05) is 30.7 Å². The Labute approximate surface area is 152 Å². The number of hydrogen-bond donors (Lipinski definition) is 1. The van der Waals surface area contributed by atoms with Crippen LogP contribution in [0.3, 0.4) is 0 Å². The number of piperidine rings is 1. The van der Waals surface area contributed by atoms with E-state index in [1.165, 1.54) is 6.42 Å². The maximum absolute atomic E-state index is 12.8. The minimum absolute atomic E-state index is 0.232. The van der Waals surface area contributed by atoms with E-state index in [-0.39, 0.29) is 12.0 Å². The highest BCUT2D eigenvalue weighted by Crippen LogP contribution is 2.54. The summed E-state index contributed by atoms with van der Waals surface area (Å²) in [4.78, 5) is 15.3. The number of benzene rings is 1. The topological polar surface area (TPSA) is 59.0 Å². The number of nitrogens with zero attached hydrogens (tertiary/aromatic N) is 1. The fourth-order valence-corrected chi connectivity index (χ4v) is 5.26. The lowest BCUT2D eigenvalue weighted by molar-refractivity contribution is -0.150. The lowest BCUT2D eigenvalue weighted by Crippen LogP contribution is -2.48. The third kappa shape index (κ3) is 2.07. The molecule has 1 aromatic carbocycles. The van der Waals surface area contributed by atoms with Crippen molar-refractivity contribution in [1.82, 2.24) is 4.90 Å². The van der Waals surface area contributed by atoms with Gasteiger partial charge < -0.3 is 14.6 Å². The predicted molar refractivity (Wildman–Crippen MR) is 95.7 cm³/mol. The molecule has 2 bridgehead atoms. The van der Waals surface area contributed by atoms with E-state index in [1.807, 2.05) is 6.08 Å². The van der Waals surface area contributed by atoms with Crippen LogP contribution in [0.2, 0.25) is 0 Å². The molecule has 4 aliphatic rings. The maximum Gasteiger partial charge on any atom is 0.338 e. The van der Waals surface area contributed by atoms with Crippen molar-refractivity contribution in [3.05, 3.63) is 53.1 Å². The Morgan fingerprint density at radius 2 is 2.12 bits per heavy atom. The number of carbonyl (C=O) groups is 1. The Morgan fingerprint density at radius 3 is 2.88 bits per heavy atom. The summed E-state index contributed by atoms with van der Waals surface area (Å²) in [6.45, 7) is 1.06. The van der Waals surface area contributed by atoms with Crippen molar-refractivity contribution in [2.24, 2.45) is 0 Å². The third-order valence-corrected chi connectivity index (χ3v) is 6.45. The van der Waals surface area contributed by atoms with Crippen molar-refractivity contribution in [3.63, 3.8) is 0 Å². The fraction of sp³-hybridized carbons (Fsp3) is 0.476. The zero-order valence-electron chi connectivity index (χ0n) is 14.9. The second-order valence-electron chi connectivity index (χ2n) is 7.66. The van der Waals surface area contributed by atoms with Gasteiger partial charge >= 0.3 is 5.97 Å². The zero-order valence-corrected chi connectivity index (χ0v) is 14.9. The van der Waals surface area contributed by atoms with Crippen LogP contribution in [0.5, 0.6) is 5.75 Å². The van der Waals surface area contributed by atoms with Gasteiger partial charge in [-0.2, -0.15) is 0 Å². The van der Waals surface area contributed by atoms with E-state index in [4.69, 9.17) is 9.47 Å². The van der Waals surface area contributed by atoms with E-state index in [0.717, 1.165) is 37.1 Å². The van der Waals surface area contributed by atoms with Gasteiger partial charge in [0.2, 0.25) is 0 Å². The first-order valence-electron chi connectivity index (χ1n) is 9.38. The Bertz CT molecular complexity index is 812. The molecule has 136 valence electrons. The highest BCUT2D eigenvalue weighted by Gasteiger charge is 2.62.